The van der Waals surface area contributed by atoms with Gasteiger partial charge in [-0.05, 0) is 31.6 Å². The van der Waals surface area contributed by atoms with Crippen LogP contribution in [0.15, 0.2) is 11.6 Å². The van der Waals surface area contributed by atoms with Gasteiger partial charge in [0.1, 0.15) is 0 Å². The Kier molecular flexibility index (Phi) is 4.32. The number of hydrogen-bond donors (Lipinski definition) is 1. The highest BCUT2D eigenvalue weighted by Crippen LogP contribution is 2.49. The number of carbonyl (C=O) groups is 2. The molecule has 17 heavy (non-hydrogen) atoms. The Labute approximate surface area is 102 Å². The van der Waals surface area contributed by atoms with Gasteiger partial charge in [-0.3, -0.25) is 9.59 Å². The van der Waals surface area contributed by atoms with Crippen LogP contribution in [0, 0.1) is 11.3 Å². The van der Waals surface area contributed by atoms with E-state index in [1.54, 1.807) is 0 Å². The van der Waals surface area contributed by atoms with Gasteiger partial charge in [-0.15, -0.1) is 0 Å². The third-order valence-electron chi connectivity index (χ3n) is 3.74. The monoisotopic (exact) mass is 240 g/mol. The van der Waals surface area contributed by atoms with Gasteiger partial charge in [0.15, 0.2) is 0 Å². The smallest absolute Gasteiger partial charge is 0.312 e. The summed E-state index contributed by atoms with van der Waals surface area (Å²) in [6, 6.07) is 0. The number of carbonyl (C=O) groups excluding carboxylic acids is 1. The zero-order chi connectivity index (χ0) is 13.1. The molecule has 0 saturated heterocycles. The normalized spacial score (nSPS) is 30.5. The van der Waals surface area contributed by atoms with Crippen molar-refractivity contribution in [2.24, 2.45) is 11.3 Å². The number of hydrogen-bond acceptors (Lipinski definition) is 3. The summed E-state index contributed by atoms with van der Waals surface area (Å²) in [4.78, 5) is 22.3. The highest BCUT2D eigenvalue weighted by molar-refractivity contribution is 5.77. The maximum atomic E-state index is 11.6. The van der Waals surface area contributed by atoms with E-state index in [0.29, 0.717) is 6.42 Å². The molecule has 1 rings (SSSR count). The number of ether oxygens (including phenoxy) is 1. The Morgan fingerprint density at radius 3 is 2.71 bits per heavy atom. The average Bonchev–Trinajstić information content (AvgIpc) is 2.63. The van der Waals surface area contributed by atoms with Crippen LogP contribution in [-0.4, -0.2) is 24.2 Å². The summed E-state index contributed by atoms with van der Waals surface area (Å²) in [5, 5.41) is 8.76. The van der Waals surface area contributed by atoms with E-state index in [-0.39, 0.29) is 23.7 Å². The van der Waals surface area contributed by atoms with Crippen LogP contribution in [-0.2, 0) is 14.3 Å². The van der Waals surface area contributed by atoms with Crippen LogP contribution in [0.5, 0.6) is 0 Å². The largest absolute Gasteiger partial charge is 0.481 e. The summed E-state index contributed by atoms with van der Waals surface area (Å²) >= 11 is 0. The van der Waals surface area contributed by atoms with Crippen molar-refractivity contribution in [2.75, 3.05) is 7.11 Å². The van der Waals surface area contributed by atoms with Crippen molar-refractivity contribution in [3.63, 3.8) is 0 Å². The van der Waals surface area contributed by atoms with Gasteiger partial charge in [0.2, 0.25) is 0 Å². The maximum absolute atomic E-state index is 11.6. The van der Waals surface area contributed by atoms with E-state index in [1.807, 2.05) is 19.9 Å². The van der Waals surface area contributed by atoms with Crippen molar-refractivity contribution in [1.29, 1.82) is 0 Å². The Balaban J connectivity index is 2.82. The molecule has 0 aliphatic heterocycles. The second kappa shape index (κ2) is 5.34. The summed E-state index contributed by atoms with van der Waals surface area (Å²) in [6.07, 6.45) is 4.26. The van der Waals surface area contributed by atoms with Crippen LogP contribution >= 0.6 is 0 Å². The van der Waals surface area contributed by atoms with Gasteiger partial charge in [-0.1, -0.05) is 18.6 Å². The van der Waals surface area contributed by atoms with E-state index in [4.69, 9.17) is 9.84 Å². The number of esters is 1. The minimum Gasteiger partial charge on any atom is -0.481 e. The molecular formula is C13H20O4. The fourth-order valence-electron chi connectivity index (χ4n) is 2.77. The number of aliphatic carboxylic acids is 1. The second-order valence-electron chi connectivity index (χ2n) is 4.81. The minimum absolute atomic E-state index is 0.141. The van der Waals surface area contributed by atoms with E-state index in [1.165, 1.54) is 7.11 Å². The van der Waals surface area contributed by atoms with Crippen LogP contribution in [0.25, 0.3) is 0 Å². The predicted molar refractivity (Wildman–Crippen MR) is 63.5 cm³/mol. The molecular weight excluding hydrogens is 220 g/mol. The third-order valence-corrected chi connectivity index (χ3v) is 3.74. The molecule has 1 saturated carbocycles. The lowest BCUT2D eigenvalue weighted by atomic mass is 9.78. The lowest BCUT2D eigenvalue weighted by molar-refractivity contribution is -0.144. The van der Waals surface area contributed by atoms with Gasteiger partial charge in [0.25, 0.3) is 0 Å². The molecule has 0 amide bonds. The lowest BCUT2D eigenvalue weighted by Gasteiger charge is -2.26. The van der Waals surface area contributed by atoms with Gasteiger partial charge < -0.3 is 9.84 Å². The Morgan fingerprint density at radius 1 is 1.59 bits per heavy atom. The first-order valence-corrected chi connectivity index (χ1v) is 5.91. The van der Waals surface area contributed by atoms with E-state index in [0.717, 1.165) is 18.4 Å². The molecule has 4 nitrogen and oxygen atoms in total. The first kappa shape index (κ1) is 13.7. The quantitative estimate of drug-likeness (QED) is 0.605. The summed E-state index contributed by atoms with van der Waals surface area (Å²) in [5.41, 5.74) is 0.858. The molecule has 0 aromatic carbocycles. The standard InChI is InChI=1S/C13H20O4/c1-4-10-9(12(16)17-3)5-7-13(10,2)8-6-11(14)15/h4,9H,5-8H2,1-3H3,(H,14,15)/b10-4+/t9-,13-/m0/s1. The molecule has 96 valence electrons. The molecule has 1 aliphatic carbocycles. The molecule has 0 aromatic heterocycles. The van der Waals surface area contributed by atoms with Crippen molar-refractivity contribution in [1.82, 2.24) is 0 Å². The molecule has 0 radical (unpaired) electrons. The van der Waals surface area contributed by atoms with Crippen molar-refractivity contribution < 1.29 is 19.4 Å². The molecule has 0 unspecified atom stereocenters. The van der Waals surface area contributed by atoms with Crippen LogP contribution in [0.4, 0.5) is 0 Å². The van der Waals surface area contributed by atoms with Crippen LogP contribution < -0.4 is 0 Å². The summed E-state index contributed by atoms with van der Waals surface area (Å²) in [7, 11) is 1.39. The highest BCUT2D eigenvalue weighted by atomic mass is 16.5. The Hall–Kier alpha value is -1.32. The van der Waals surface area contributed by atoms with Gasteiger partial charge in [0.05, 0.1) is 13.0 Å². The fraction of sp³-hybridized carbons (Fsp3) is 0.692. The van der Waals surface area contributed by atoms with Crippen molar-refractivity contribution in [3.05, 3.63) is 11.6 Å². The second-order valence-corrected chi connectivity index (χ2v) is 4.81. The van der Waals surface area contributed by atoms with Gasteiger partial charge in [-0.2, -0.15) is 0 Å². The predicted octanol–water partition coefficient (Wildman–Crippen LogP) is 2.39. The highest BCUT2D eigenvalue weighted by Gasteiger charge is 2.43. The van der Waals surface area contributed by atoms with Gasteiger partial charge >= 0.3 is 11.9 Å². The zero-order valence-electron chi connectivity index (χ0n) is 10.7. The van der Waals surface area contributed by atoms with Crippen LogP contribution in [0.1, 0.15) is 39.5 Å². The Bertz CT molecular complexity index is 345. The fourth-order valence-corrected chi connectivity index (χ4v) is 2.77. The molecule has 1 fully saturated rings. The molecule has 0 spiro atoms. The van der Waals surface area contributed by atoms with E-state index in [2.05, 4.69) is 0 Å². The molecule has 4 heteroatoms. The number of methoxy groups -OCH3 is 1. The van der Waals surface area contributed by atoms with Gasteiger partial charge in [0, 0.05) is 6.42 Å². The van der Waals surface area contributed by atoms with Crippen molar-refractivity contribution in [2.45, 2.75) is 39.5 Å². The molecule has 0 heterocycles. The molecule has 0 aromatic rings. The summed E-state index contributed by atoms with van der Waals surface area (Å²) in [6.45, 7) is 3.93. The van der Waals surface area contributed by atoms with Crippen molar-refractivity contribution in [3.8, 4) is 0 Å². The number of rotatable bonds is 4. The SMILES string of the molecule is C/C=C1\[C@@H](C(=O)OC)CC[C@@]1(C)CCC(=O)O. The maximum Gasteiger partial charge on any atom is 0.312 e. The lowest BCUT2D eigenvalue weighted by Crippen LogP contribution is -2.21. The van der Waals surface area contributed by atoms with Crippen molar-refractivity contribution >= 4 is 11.9 Å². The number of allylic oxidation sites excluding steroid dienone is 1. The first-order chi connectivity index (χ1) is 7.94. The van der Waals surface area contributed by atoms with Crippen LogP contribution in [0.2, 0.25) is 0 Å². The summed E-state index contributed by atoms with van der Waals surface area (Å²) < 4.78 is 4.79. The van der Waals surface area contributed by atoms with Crippen LogP contribution in [0.3, 0.4) is 0 Å². The molecule has 1 aliphatic rings. The Morgan fingerprint density at radius 2 is 2.24 bits per heavy atom. The van der Waals surface area contributed by atoms with E-state index in [9.17, 15) is 9.59 Å². The molecule has 2 atom stereocenters. The number of carboxylic acids is 1. The number of carboxylic acid groups (broad SMARTS) is 1. The zero-order valence-corrected chi connectivity index (χ0v) is 10.7. The summed E-state index contributed by atoms with van der Waals surface area (Å²) in [5.74, 6) is -1.19. The molecule has 0 bridgehead atoms. The average molecular weight is 240 g/mol. The van der Waals surface area contributed by atoms with Gasteiger partial charge in [-0.25, -0.2) is 0 Å². The van der Waals surface area contributed by atoms with E-state index < -0.39 is 5.97 Å². The first-order valence-electron chi connectivity index (χ1n) is 5.91. The van der Waals surface area contributed by atoms with E-state index >= 15 is 0 Å². The topological polar surface area (TPSA) is 63.6 Å². The molecule has 1 N–H and O–H groups in total. The third kappa shape index (κ3) is 2.87. The minimum atomic E-state index is -0.789.